The molecular weight excluding hydrogens is 265 g/mol. The molecule has 0 aliphatic carbocycles. The zero-order valence-corrected chi connectivity index (χ0v) is 11.1. The Morgan fingerprint density at radius 2 is 2.06 bits per heavy atom. The van der Waals surface area contributed by atoms with Crippen molar-refractivity contribution >= 4 is 23.5 Å². The van der Waals surface area contributed by atoms with E-state index in [0.29, 0.717) is 0 Å². The second kappa shape index (κ2) is 5.64. The van der Waals surface area contributed by atoms with Gasteiger partial charge in [-0.1, -0.05) is 0 Å². The monoisotopic (exact) mass is 280 g/mol. The van der Waals surface area contributed by atoms with Gasteiger partial charge in [0.25, 0.3) is 0 Å². The number of nitrogens with zero attached hydrogens (tertiary/aromatic N) is 3. The van der Waals surface area contributed by atoms with Crippen LogP contribution in [0.25, 0.3) is 0 Å². The van der Waals surface area contributed by atoms with Gasteiger partial charge in [0.05, 0.1) is 0 Å². The van der Waals surface area contributed by atoms with Crippen LogP contribution in [0, 0.1) is 0 Å². The van der Waals surface area contributed by atoms with Gasteiger partial charge in [-0.15, -0.1) is 0 Å². The fourth-order valence-electron chi connectivity index (χ4n) is 1.36. The molecule has 2 N–H and O–H groups in total. The highest BCUT2D eigenvalue weighted by atomic mass is 32.2. The van der Waals surface area contributed by atoms with Crippen LogP contribution in [0.2, 0.25) is 0 Å². The molecule has 0 saturated carbocycles. The van der Waals surface area contributed by atoms with E-state index in [9.17, 15) is 13.2 Å². The zero-order valence-electron chi connectivity index (χ0n) is 10.3. The molecule has 0 saturated heterocycles. The Balaban J connectivity index is 3.06. The maximum Gasteiger partial charge on any atom is 0.433 e. The summed E-state index contributed by atoms with van der Waals surface area (Å²) in [5.74, 6) is 0.585. The van der Waals surface area contributed by atoms with E-state index in [4.69, 9.17) is 5.73 Å². The Hall–Kier alpha value is -1.18. The second-order valence-corrected chi connectivity index (χ2v) is 4.79. The van der Waals surface area contributed by atoms with Gasteiger partial charge in [-0.2, -0.15) is 29.9 Å². The van der Waals surface area contributed by atoms with Crippen molar-refractivity contribution in [3.8, 4) is 0 Å². The van der Waals surface area contributed by atoms with Gasteiger partial charge in [-0.25, -0.2) is 4.98 Å². The highest BCUT2D eigenvalue weighted by Gasteiger charge is 2.34. The lowest BCUT2D eigenvalue weighted by atomic mass is 10.3. The van der Waals surface area contributed by atoms with Crippen LogP contribution in [0.4, 0.5) is 24.9 Å². The number of halogens is 3. The first-order valence-electron chi connectivity index (χ1n) is 5.19. The van der Waals surface area contributed by atoms with Crippen molar-refractivity contribution in [2.75, 3.05) is 29.7 Å². The third kappa shape index (κ3) is 3.66. The topological polar surface area (TPSA) is 55.0 Å². The van der Waals surface area contributed by atoms with Gasteiger partial charge in [0.15, 0.2) is 5.69 Å². The van der Waals surface area contributed by atoms with Gasteiger partial charge in [0.2, 0.25) is 5.95 Å². The van der Waals surface area contributed by atoms with Crippen molar-refractivity contribution in [3.05, 3.63) is 11.8 Å². The average Bonchev–Trinajstić information content (AvgIpc) is 2.26. The largest absolute Gasteiger partial charge is 0.433 e. The Bertz CT molecular complexity index is 411. The number of nitrogen functional groups attached to an aromatic ring is 1. The summed E-state index contributed by atoms with van der Waals surface area (Å²) >= 11 is 1.61. The van der Waals surface area contributed by atoms with Gasteiger partial charge in [0, 0.05) is 24.9 Å². The summed E-state index contributed by atoms with van der Waals surface area (Å²) in [6, 6.07) is 0.961. The van der Waals surface area contributed by atoms with E-state index >= 15 is 0 Å². The lowest BCUT2D eigenvalue weighted by Gasteiger charge is -2.25. The molecule has 1 aromatic heterocycles. The third-order valence-electron chi connectivity index (χ3n) is 2.45. The number of aromatic nitrogens is 2. The highest BCUT2D eigenvalue weighted by Crippen LogP contribution is 2.30. The summed E-state index contributed by atoms with van der Waals surface area (Å²) in [5, 5.41) is 0. The molecule has 0 radical (unpaired) electrons. The summed E-state index contributed by atoms with van der Waals surface area (Å²) in [5.41, 5.74) is 4.29. The molecule has 102 valence electrons. The standard InChI is InChI=1S/C10H15F3N4S/c1-6(5-18-3)17(2)8-4-7(10(11,12)13)15-9(14)16-8/h4,6H,5H2,1-3H3,(H2,14,15,16). The molecule has 1 aromatic rings. The molecule has 0 aliphatic heterocycles. The third-order valence-corrected chi connectivity index (χ3v) is 3.27. The van der Waals surface area contributed by atoms with Crippen molar-refractivity contribution in [2.24, 2.45) is 0 Å². The second-order valence-electron chi connectivity index (χ2n) is 3.88. The van der Waals surface area contributed by atoms with Gasteiger partial charge >= 0.3 is 6.18 Å². The Labute approximate surface area is 108 Å². The van der Waals surface area contributed by atoms with Gasteiger partial charge in [-0.05, 0) is 13.2 Å². The van der Waals surface area contributed by atoms with E-state index < -0.39 is 11.9 Å². The zero-order chi connectivity index (χ0) is 13.9. The van der Waals surface area contributed by atoms with Crippen LogP contribution in [0.1, 0.15) is 12.6 Å². The lowest BCUT2D eigenvalue weighted by molar-refractivity contribution is -0.141. The first-order valence-corrected chi connectivity index (χ1v) is 6.58. The Kier molecular flexibility index (Phi) is 4.66. The van der Waals surface area contributed by atoms with E-state index in [-0.39, 0.29) is 17.8 Å². The van der Waals surface area contributed by atoms with Gasteiger partial charge < -0.3 is 10.6 Å². The minimum atomic E-state index is -4.52. The molecule has 1 unspecified atom stereocenters. The van der Waals surface area contributed by atoms with E-state index in [2.05, 4.69) is 9.97 Å². The molecule has 18 heavy (non-hydrogen) atoms. The van der Waals surface area contributed by atoms with Crippen LogP contribution in [0.3, 0.4) is 0 Å². The molecule has 0 fully saturated rings. The molecule has 0 aromatic carbocycles. The summed E-state index contributed by atoms with van der Waals surface area (Å²) in [7, 11) is 1.68. The number of rotatable bonds is 4. The summed E-state index contributed by atoms with van der Waals surface area (Å²) in [4.78, 5) is 8.69. The number of nitrogens with two attached hydrogens (primary N) is 1. The lowest BCUT2D eigenvalue weighted by Crippen LogP contribution is -2.32. The normalized spacial score (nSPS) is 13.4. The number of anilines is 2. The number of hydrogen-bond donors (Lipinski definition) is 1. The molecule has 0 spiro atoms. The molecular formula is C10H15F3N4S. The van der Waals surface area contributed by atoms with Crippen LogP contribution in [-0.2, 0) is 6.18 Å². The van der Waals surface area contributed by atoms with Crippen molar-refractivity contribution in [2.45, 2.75) is 19.1 Å². The summed E-state index contributed by atoms with van der Waals surface area (Å²) < 4.78 is 37.8. The molecule has 0 aliphatic rings. The van der Waals surface area contributed by atoms with Crippen LogP contribution in [-0.4, -0.2) is 35.1 Å². The molecule has 8 heteroatoms. The number of hydrogen-bond acceptors (Lipinski definition) is 5. The molecule has 0 bridgehead atoms. The van der Waals surface area contributed by atoms with E-state index in [0.717, 1.165) is 11.8 Å². The first-order chi connectivity index (χ1) is 8.25. The van der Waals surface area contributed by atoms with E-state index in [1.165, 1.54) is 0 Å². The maximum absolute atomic E-state index is 12.6. The predicted molar refractivity (Wildman–Crippen MR) is 67.7 cm³/mol. The van der Waals surface area contributed by atoms with Gasteiger partial charge in [0.1, 0.15) is 5.82 Å². The minimum absolute atomic E-state index is 0.0513. The van der Waals surface area contributed by atoms with Crippen molar-refractivity contribution in [3.63, 3.8) is 0 Å². The van der Waals surface area contributed by atoms with Crippen molar-refractivity contribution in [1.82, 2.24) is 9.97 Å². The summed E-state index contributed by atoms with van der Waals surface area (Å²) in [6.07, 6.45) is -2.59. The maximum atomic E-state index is 12.6. The molecule has 1 heterocycles. The van der Waals surface area contributed by atoms with E-state index in [1.54, 1.807) is 23.7 Å². The molecule has 0 amide bonds. The molecule has 4 nitrogen and oxygen atoms in total. The van der Waals surface area contributed by atoms with E-state index in [1.807, 2.05) is 13.2 Å². The van der Waals surface area contributed by atoms with Crippen molar-refractivity contribution < 1.29 is 13.2 Å². The first kappa shape index (κ1) is 14.9. The number of alkyl halides is 3. The fourth-order valence-corrected chi connectivity index (χ4v) is 2.06. The Morgan fingerprint density at radius 3 is 2.56 bits per heavy atom. The van der Waals surface area contributed by atoms with Crippen LogP contribution >= 0.6 is 11.8 Å². The van der Waals surface area contributed by atoms with Crippen LogP contribution in [0.5, 0.6) is 0 Å². The number of thioether (sulfide) groups is 1. The Morgan fingerprint density at radius 1 is 1.44 bits per heavy atom. The van der Waals surface area contributed by atoms with Gasteiger partial charge in [-0.3, -0.25) is 0 Å². The smallest absolute Gasteiger partial charge is 0.368 e. The molecule has 1 atom stereocenters. The fraction of sp³-hybridized carbons (Fsp3) is 0.600. The quantitative estimate of drug-likeness (QED) is 0.917. The van der Waals surface area contributed by atoms with Crippen LogP contribution in [0.15, 0.2) is 6.07 Å². The summed E-state index contributed by atoms with van der Waals surface area (Å²) in [6.45, 7) is 1.90. The van der Waals surface area contributed by atoms with Crippen molar-refractivity contribution in [1.29, 1.82) is 0 Å². The average molecular weight is 280 g/mol. The predicted octanol–water partition coefficient (Wildman–Crippen LogP) is 2.27. The SMILES string of the molecule is CSCC(C)N(C)c1cc(C(F)(F)F)nc(N)n1. The highest BCUT2D eigenvalue weighted by molar-refractivity contribution is 7.98. The minimum Gasteiger partial charge on any atom is -0.368 e. The van der Waals surface area contributed by atoms with Crippen LogP contribution < -0.4 is 10.6 Å². The molecule has 1 rings (SSSR count).